The summed E-state index contributed by atoms with van der Waals surface area (Å²) in [5.41, 5.74) is 2.05. The molecule has 0 aliphatic rings. The number of hydrogen-bond donors (Lipinski definition) is 1. The first-order chi connectivity index (χ1) is 6.24. The van der Waals surface area contributed by atoms with E-state index in [1.807, 2.05) is 7.05 Å². The van der Waals surface area contributed by atoms with E-state index in [0.717, 1.165) is 24.1 Å². The van der Waals surface area contributed by atoms with E-state index < -0.39 is 0 Å². The molecule has 0 fully saturated rings. The Balaban J connectivity index is 2.61. The molecular weight excluding hydrogens is 165 g/mol. The van der Waals surface area contributed by atoms with Crippen LogP contribution in [0.3, 0.4) is 0 Å². The Bertz CT molecular complexity index is 277. The SMILES string of the molecule is C=C(CCNC)c1ccc(F)cc1. The molecule has 1 nitrogen and oxygen atoms in total. The van der Waals surface area contributed by atoms with Crippen LogP contribution in [0.1, 0.15) is 12.0 Å². The van der Waals surface area contributed by atoms with Gasteiger partial charge in [-0.1, -0.05) is 18.7 Å². The Hall–Kier alpha value is -1.15. The van der Waals surface area contributed by atoms with Crippen molar-refractivity contribution < 1.29 is 4.39 Å². The molecule has 0 aliphatic heterocycles. The highest BCUT2D eigenvalue weighted by atomic mass is 19.1. The van der Waals surface area contributed by atoms with E-state index in [-0.39, 0.29) is 5.82 Å². The fraction of sp³-hybridized carbons (Fsp3) is 0.273. The largest absolute Gasteiger partial charge is 0.319 e. The van der Waals surface area contributed by atoms with E-state index in [9.17, 15) is 4.39 Å². The Labute approximate surface area is 78.3 Å². The maximum atomic E-state index is 12.6. The summed E-state index contributed by atoms with van der Waals surface area (Å²) in [6, 6.07) is 6.43. The van der Waals surface area contributed by atoms with Crippen molar-refractivity contribution >= 4 is 5.57 Å². The van der Waals surface area contributed by atoms with Gasteiger partial charge in [0.1, 0.15) is 5.82 Å². The third-order valence-electron chi connectivity index (χ3n) is 1.93. The summed E-state index contributed by atoms with van der Waals surface area (Å²) in [6.45, 7) is 4.83. The van der Waals surface area contributed by atoms with E-state index >= 15 is 0 Å². The first-order valence-electron chi connectivity index (χ1n) is 4.32. The van der Waals surface area contributed by atoms with Crippen LogP contribution < -0.4 is 5.32 Å². The van der Waals surface area contributed by atoms with E-state index in [1.165, 1.54) is 12.1 Å². The monoisotopic (exact) mass is 179 g/mol. The fourth-order valence-electron chi connectivity index (χ4n) is 1.11. The summed E-state index contributed by atoms with van der Waals surface area (Å²) < 4.78 is 12.6. The molecule has 0 unspecified atom stereocenters. The van der Waals surface area contributed by atoms with Gasteiger partial charge in [0.2, 0.25) is 0 Å². The zero-order valence-corrected chi connectivity index (χ0v) is 7.81. The molecule has 0 spiro atoms. The lowest BCUT2D eigenvalue weighted by molar-refractivity contribution is 0.627. The minimum atomic E-state index is -0.204. The molecule has 0 bridgehead atoms. The van der Waals surface area contributed by atoms with Crippen LogP contribution in [0.5, 0.6) is 0 Å². The van der Waals surface area contributed by atoms with Gasteiger partial charge in [-0.3, -0.25) is 0 Å². The van der Waals surface area contributed by atoms with Crippen molar-refractivity contribution in [2.45, 2.75) is 6.42 Å². The van der Waals surface area contributed by atoms with Crippen molar-refractivity contribution in [2.75, 3.05) is 13.6 Å². The van der Waals surface area contributed by atoms with Crippen molar-refractivity contribution in [3.8, 4) is 0 Å². The summed E-state index contributed by atoms with van der Waals surface area (Å²) in [7, 11) is 1.90. The third-order valence-corrected chi connectivity index (χ3v) is 1.93. The fourth-order valence-corrected chi connectivity index (χ4v) is 1.11. The molecule has 0 aliphatic carbocycles. The number of rotatable bonds is 4. The Morgan fingerprint density at radius 3 is 2.54 bits per heavy atom. The highest BCUT2D eigenvalue weighted by Crippen LogP contribution is 2.15. The number of nitrogens with one attached hydrogen (secondary N) is 1. The Kier molecular flexibility index (Phi) is 3.65. The van der Waals surface area contributed by atoms with E-state index in [4.69, 9.17) is 0 Å². The maximum absolute atomic E-state index is 12.6. The molecule has 70 valence electrons. The van der Waals surface area contributed by atoms with Gasteiger partial charge in [0.25, 0.3) is 0 Å². The van der Waals surface area contributed by atoms with Gasteiger partial charge in [0.05, 0.1) is 0 Å². The van der Waals surface area contributed by atoms with Gasteiger partial charge in [-0.05, 0) is 43.3 Å². The van der Waals surface area contributed by atoms with Gasteiger partial charge in [0.15, 0.2) is 0 Å². The van der Waals surface area contributed by atoms with Crippen LogP contribution >= 0.6 is 0 Å². The highest BCUT2D eigenvalue weighted by Gasteiger charge is 1.97. The van der Waals surface area contributed by atoms with Crippen molar-refractivity contribution in [2.24, 2.45) is 0 Å². The van der Waals surface area contributed by atoms with Gasteiger partial charge in [-0.2, -0.15) is 0 Å². The topological polar surface area (TPSA) is 12.0 Å². The van der Waals surface area contributed by atoms with E-state index in [0.29, 0.717) is 0 Å². The van der Waals surface area contributed by atoms with Gasteiger partial charge < -0.3 is 5.32 Å². The van der Waals surface area contributed by atoms with Gasteiger partial charge in [0, 0.05) is 0 Å². The van der Waals surface area contributed by atoms with E-state index in [1.54, 1.807) is 12.1 Å². The molecule has 0 saturated heterocycles. The molecular formula is C11H14FN. The van der Waals surface area contributed by atoms with E-state index in [2.05, 4.69) is 11.9 Å². The van der Waals surface area contributed by atoms with Crippen LogP contribution in [-0.4, -0.2) is 13.6 Å². The van der Waals surface area contributed by atoms with Crippen LogP contribution in [0.25, 0.3) is 5.57 Å². The summed E-state index contributed by atoms with van der Waals surface area (Å²) in [5, 5.41) is 3.04. The lowest BCUT2D eigenvalue weighted by Gasteiger charge is -2.04. The molecule has 0 heterocycles. The maximum Gasteiger partial charge on any atom is 0.123 e. The molecule has 1 rings (SSSR count). The van der Waals surface area contributed by atoms with Crippen molar-refractivity contribution in [1.82, 2.24) is 5.32 Å². The Morgan fingerprint density at radius 1 is 1.38 bits per heavy atom. The average molecular weight is 179 g/mol. The molecule has 0 amide bonds. The standard InChI is InChI=1S/C11H14FN/c1-9(7-8-13-2)10-3-5-11(12)6-4-10/h3-6,13H,1,7-8H2,2H3. The highest BCUT2D eigenvalue weighted by molar-refractivity contribution is 5.63. The summed E-state index contributed by atoms with van der Waals surface area (Å²) >= 11 is 0. The minimum Gasteiger partial charge on any atom is -0.319 e. The molecule has 2 heteroatoms. The molecule has 1 aromatic rings. The zero-order valence-electron chi connectivity index (χ0n) is 7.81. The minimum absolute atomic E-state index is 0.204. The molecule has 0 radical (unpaired) electrons. The molecule has 1 N–H and O–H groups in total. The predicted octanol–water partition coefficient (Wildman–Crippen LogP) is 2.45. The second-order valence-corrected chi connectivity index (χ2v) is 2.96. The first-order valence-corrected chi connectivity index (χ1v) is 4.32. The number of benzene rings is 1. The van der Waals surface area contributed by atoms with Crippen LogP contribution in [0, 0.1) is 5.82 Å². The normalized spacial score (nSPS) is 10.0. The van der Waals surface area contributed by atoms with Crippen molar-refractivity contribution in [3.63, 3.8) is 0 Å². The molecule has 0 aromatic heterocycles. The zero-order chi connectivity index (χ0) is 9.68. The molecule has 0 atom stereocenters. The van der Waals surface area contributed by atoms with Crippen LogP contribution in [0.4, 0.5) is 4.39 Å². The predicted molar refractivity (Wildman–Crippen MR) is 54.0 cm³/mol. The number of hydrogen-bond acceptors (Lipinski definition) is 1. The van der Waals surface area contributed by atoms with Gasteiger partial charge in [-0.15, -0.1) is 0 Å². The summed E-state index contributed by atoms with van der Waals surface area (Å²) in [5.74, 6) is -0.204. The van der Waals surface area contributed by atoms with Gasteiger partial charge in [-0.25, -0.2) is 4.39 Å². The smallest absolute Gasteiger partial charge is 0.123 e. The average Bonchev–Trinajstić information content (AvgIpc) is 2.15. The third kappa shape index (κ3) is 2.99. The lowest BCUT2D eigenvalue weighted by Crippen LogP contribution is -2.07. The van der Waals surface area contributed by atoms with Crippen LogP contribution in [0.2, 0.25) is 0 Å². The lowest BCUT2D eigenvalue weighted by atomic mass is 10.1. The number of halogens is 1. The van der Waals surface area contributed by atoms with Crippen LogP contribution in [-0.2, 0) is 0 Å². The molecule has 1 aromatic carbocycles. The quantitative estimate of drug-likeness (QED) is 0.748. The molecule has 13 heavy (non-hydrogen) atoms. The summed E-state index contributed by atoms with van der Waals surface area (Å²) in [6.07, 6.45) is 0.891. The summed E-state index contributed by atoms with van der Waals surface area (Å²) in [4.78, 5) is 0. The van der Waals surface area contributed by atoms with Gasteiger partial charge >= 0.3 is 0 Å². The van der Waals surface area contributed by atoms with Crippen molar-refractivity contribution in [1.29, 1.82) is 0 Å². The second kappa shape index (κ2) is 4.77. The second-order valence-electron chi connectivity index (χ2n) is 2.96. The Morgan fingerprint density at radius 2 is 2.00 bits per heavy atom. The molecule has 0 saturated carbocycles. The first kappa shape index (κ1) is 9.93. The van der Waals surface area contributed by atoms with Crippen LogP contribution in [0.15, 0.2) is 30.8 Å². The van der Waals surface area contributed by atoms with Crippen molar-refractivity contribution in [3.05, 3.63) is 42.2 Å².